The van der Waals surface area contributed by atoms with Gasteiger partial charge in [-0.3, -0.25) is 0 Å². The summed E-state index contributed by atoms with van der Waals surface area (Å²) in [7, 11) is -1.39. The molecule has 18 heavy (non-hydrogen) atoms. The first-order valence-corrected chi connectivity index (χ1v) is 7.81. The van der Waals surface area contributed by atoms with Gasteiger partial charge >= 0.3 is 0 Å². The summed E-state index contributed by atoms with van der Waals surface area (Å²) in [4.78, 5) is 0. The van der Waals surface area contributed by atoms with Gasteiger partial charge < -0.3 is 5.32 Å². The largest absolute Gasteiger partial charge is 0.320 e. The van der Waals surface area contributed by atoms with Crippen molar-refractivity contribution in [2.24, 2.45) is 0 Å². The maximum atomic E-state index is 11.8. The van der Waals surface area contributed by atoms with Crippen LogP contribution in [0.1, 0.15) is 30.5 Å². The summed E-state index contributed by atoms with van der Waals surface area (Å²) in [6.45, 7) is 4.58. The van der Waals surface area contributed by atoms with Crippen molar-refractivity contribution < 1.29 is 8.42 Å². The molecule has 4 nitrogen and oxygen atoms in total. The van der Waals surface area contributed by atoms with Gasteiger partial charge in [0, 0.05) is 6.04 Å². The molecule has 0 amide bonds. The lowest BCUT2D eigenvalue weighted by Crippen LogP contribution is -2.30. The first-order valence-electron chi connectivity index (χ1n) is 6.16. The van der Waals surface area contributed by atoms with Gasteiger partial charge in [0.2, 0.25) is 10.0 Å². The number of aryl methyl sites for hydroxylation is 1. The molecule has 0 saturated heterocycles. The molecule has 5 heteroatoms. The Morgan fingerprint density at radius 2 is 1.83 bits per heavy atom. The van der Waals surface area contributed by atoms with E-state index in [1.165, 1.54) is 5.56 Å². The molecule has 0 radical (unpaired) electrons. The van der Waals surface area contributed by atoms with E-state index in [0.29, 0.717) is 13.0 Å². The Bertz CT molecular complexity index is 454. The zero-order valence-electron chi connectivity index (χ0n) is 11.2. The Hall–Kier alpha value is -0.910. The van der Waals surface area contributed by atoms with Crippen LogP contribution >= 0.6 is 0 Å². The smallest absolute Gasteiger partial charge is 0.212 e. The molecule has 0 aliphatic rings. The number of hydrogen-bond acceptors (Lipinski definition) is 3. The average Bonchev–Trinajstić information content (AvgIpc) is 2.29. The normalized spacial score (nSPS) is 13.5. The second-order valence-corrected chi connectivity index (χ2v) is 6.40. The zero-order chi connectivity index (χ0) is 13.6. The van der Waals surface area contributed by atoms with E-state index in [4.69, 9.17) is 0 Å². The Morgan fingerprint density at radius 1 is 1.22 bits per heavy atom. The van der Waals surface area contributed by atoms with Crippen molar-refractivity contribution in [3.63, 3.8) is 0 Å². The molecular formula is C13H22N2O2S. The van der Waals surface area contributed by atoms with Crippen molar-refractivity contribution in [1.29, 1.82) is 0 Å². The number of hydrogen-bond donors (Lipinski definition) is 2. The third kappa shape index (κ3) is 5.16. The molecule has 0 aliphatic heterocycles. The number of rotatable bonds is 7. The summed E-state index contributed by atoms with van der Waals surface area (Å²) in [5, 5.41) is 2.94. The second-order valence-electron chi connectivity index (χ2n) is 4.53. The number of benzene rings is 1. The van der Waals surface area contributed by atoms with Crippen LogP contribution in [0, 0.1) is 6.92 Å². The highest BCUT2D eigenvalue weighted by molar-refractivity contribution is 7.89. The third-order valence-corrected chi connectivity index (χ3v) is 4.31. The molecule has 2 N–H and O–H groups in total. The quantitative estimate of drug-likeness (QED) is 0.740. The molecule has 1 atom stereocenters. The first-order chi connectivity index (χ1) is 8.44. The average molecular weight is 270 g/mol. The molecule has 1 unspecified atom stereocenters. The van der Waals surface area contributed by atoms with Gasteiger partial charge in [0.25, 0.3) is 0 Å². The topological polar surface area (TPSA) is 58.2 Å². The molecule has 0 spiro atoms. The van der Waals surface area contributed by atoms with E-state index < -0.39 is 10.0 Å². The molecule has 0 aromatic heterocycles. The third-order valence-electron chi connectivity index (χ3n) is 2.77. The molecule has 0 heterocycles. The van der Waals surface area contributed by atoms with E-state index in [0.717, 1.165) is 5.56 Å². The van der Waals surface area contributed by atoms with Gasteiger partial charge in [0.1, 0.15) is 0 Å². The van der Waals surface area contributed by atoms with Crippen LogP contribution in [-0.2, 0) is 10.0 Å². The summed E-state index contributed by atoms with van der Waals surface area (Å²) in [6.07, 6.45) is 0.618. The Morgan fingerprint density at radius 3 is 2.39 bits per heavy atom. The lowest BCUT2D eigenvalue weighted by Gasteiger charge is -2.14. The molecule has 0 bridgehead atoms. The fourth-order valence-corrected chi connectivity index (χ4v) is 3.01. The predicted octanol–water partition coefficient (Wildman–Crippen LogP) is 1.58. The van der Waals surface area contributed by atoms with Crippen molar-refractivity contribution in [3.8, 4) is 0 Å². The van der Waals surface area contributed by atoms with E-state index in [1.54, 1.807) is 0 Å². The van der Waals surface area contributed by atoms with E-state index in [9.17, 15) is 8.42 Å². The highest BCUT2D eigenvalue weighted by Crippen LogP contribution is 2.14. The second kappa shape index (κ2) is 6.87. The van der Waals surface area contributed by atoms with Gasteiger partial charge in [-0.05, 0) is 39.4 Å². The molecule has 102 valence electrons. The Labute approximate surface area is 110 Å². The molecule has 0 saturated carbocycles. The van der Waals surface area contributed by atoms with Gasteiger partial charge in [-0.15, -0.1) is 0 Å². The summed E-state index contributed by atoms with van der Waals surface area (Å²) in [5.41, 5.74) is 2.15. The minimum atomic E-state index is -3.20. The predicted molar refractivity (Wildman–Crippen MR) is 75.1 cm³/mol. The summed E-state index contributed by atoms with van der Waals surface area (Å²) in [5.74, 6) is 0.157. The minimum Gasteiger partial charge on any atom is -0.320 e. The van der Waals surface area contributed by atoms with E-state index in [1.807, 2.05) is 45.2 Å². The van der Waals surface area contributed by atoms with Crippen molar-refractivity contribution in [1.82, 2.24) is 10.0 Å². The monoisotopic (exact) mass is 270 g/mol. The van der Waals surface area contributed by atoms with E-state index in [-0.39, 0.29) is 11.8 Å². The maximum absolute atomic E-state index is 11.8. The lowest BCUT2D eigenvalue weighted by atomic mass is 10.1. The molecule has 1 aromatic carbocycles. The SMILES string of the molecule is CNCCCS(=O)(=O)NC(C)c1ccc(C)cc1. The fourth-order valence-electron chi connectivity index (χ4n) is 1.69. The van der Waals surface area contributed by atoms with E-state index in [2.05, 4.69) is 10.0 Å². The zero-order valence-corrected chi connectivity index (χ0v) is 12.0. The van der Waals surface area contributed by atoms with Crippen LogP contribution in [0.4, 0.5) is 0 Å². The summed E-state index contributed by atoms with van der Waals surface area (Å²) in [6, 6.07) is 7.69. The van der Waals surface area contributed by atoms with Gasteiger partial charge in [-0.2, -0.15) is 0 Å². The fraction of sp³-hybridized carbons (Fsp3) is 0.538. The molecule has 1 rings (SSSR count). The first kappa shape index (κ1) is 15.1. The summed E-state index contributed by atoms with van der Waals surface area (Å²) >= 11 is 0. The van der Waals surface area contributed by atoms with Crippen LogP contribution in [0.25, 0.3) is 0 Å². The van der Waals surface area contributed by atoms with Gasteiger partial charge in [0.05, 0.1) is 5.75 Å². The Balaban J connectivity index is 2.58. The van der Waals surface area contributed by atoms with Crippen molar-refractivity contribution >= 4 is 10.0 Å². The lowest BCUT2D eigenvalue weighted by molar-refractivity contribution is 0.563. The van der Waals surface area contributed by atoms with Crippen molar-refractivity contribution in [2.45, 2.75) is 26.3 Å². The van der Waals surface area contributed by atoms with Gasteiger partial charge in [-0.25, -0.2) is 13.1 Å². The van der Waals surface area contributed by atoms with Crippen LogP contribution in [0.15, 0.2) is 24.3 Å². The van der Waals surface area contributed by atoms with Crippen LogP contribution in [0.5, 0.6) is 0 Å². The van der Waals surface area contributed by atoms with Gasteiger partial charge in [-0.1, -0.05) is 29.8 Å². The van der Waals surface area contributed by atoms with Crippen LogP contribution in [0.3, 0.4) is 0 Å². The number of nitrogens with one attached hydrogen (secondary N) is 2. The van der Waals surface area contributed by atoms with Crippen LogP contribution in [-0.4, -0.2) is 27.8 Å². The van der Waals surface area contributed by atoms with Gasteiger partial charge in [0.15, 0.2) is 0 Å². The molecular weight excluding hydrogens is 248 g/mol. The number of sulfonamides is 1. The molecule has 0 fully saturated rings. The van der Waals surface area contributed by atoms with Crippen LogP contribution in [0.2, 0.25) is 0 Å². The minimum absolute atomic E-state index is 0.157. The van der Waals surface area contributed by atoms with Crippen LogP contribution < -0.4 is 10.0 Å². The maximum Gasteiger partial charge on any atom is 0.212 e. The Kier molecular flexibility index (Phi) is 5.78. The van der Waals surface area contributed by atoms with Crippen molar-refractivity contribution in [2.75, 3.05) is 19.3 Å². The molecule has 0 aliphatic carbocycles. The highest BCUT2D eigenvalue weighted by atomic mass is 32.2. The van der Waals surface area contributed by atoms with E-state index >= 15 is 0 Å². The standard InChI is InChI=1S/C13H22N2O2S/c1-11-5-7-13(8-6-11)12(2)15-18(16,17)10-4-9-14-3/h5-8,12,14-15H,4,9-10H2,1-3H3. The van der Waals surface area contributed by atoms with Crippen molar-refractivity contribution in [3.05, 3.63) is 35.4 Å². The molecule has 1 aromatic rings. The highest BCUT2D eigenvalue weighted by Gasteiger charge is 2.15. The summed E-state index contributed by atoms with van der Waals surface area (Å²) < 4.78 is 26.3.